The second-order valence-corrected chi connectivity index (χ2v) is 5.74. The Morgan fingerprint density at radius 3 is 2.72 bits per heavy atom. The molecule has 1 aromatic heterocycles. The Morgan fingerprint density at radius 2 is 2.06 bits per heavy atom. The van der Waals surface area contributed by atoms with E-state index in [4.69, 9.17) is 0 Å². The first-order valence-electron chi connectivity index (χ1n) is 6.26. The molecule has 1 aliphatic carbocycles. The average Bonchev–Trinajstić information content (AvgIpc) is 3.13. The van der Waals surface area contributed by atoms with Crippen molar-refractivity contribution in [2.75, 3.05) is 5.32 Å². The van der Waals surface area contributed by atoms with Crippen LogP contribution >= 0.6 is 15.9 Å². The quantitative estimate of drug-likeness (QED) is 0.928. The Morgan fingerprint density at radius 1 is 1.33 bits per heavy atom. The van der Waals surface area contributed by atoms with Crippen LogP contribution in [0.3, 0.4) is 0 Å². The zero-order valence-electron chi connectivity index (χ0n) is 10.4. The van der Waals surface area contributed by atoms with E-state index in [-0.39, 0.29) is 0 Å². The monoisotopic (exact) mass is 305 g/mol. The summed E-state index contributed by atoms with van der Waals surface area (Å²) in [4.78, 5) is 4.55. The summed E-state index contributed by atoms with van der Waals surface area (Å²) < 4.78 is 3.38. The smallest absolute Gasteiger partial charge is 0.203 e. The molecule has 0 unspecified atom stereocenters. The molecule has 1 fully saturated rings. The minimum atomic E-state index is 0.665. The van der Waals surface area contributed by atoms with Crippen molar-refractivity contribution in [1.29, 1.82) is 0 Å². The van der Waals surface area contributed by atoms with E-state index in [0.29, 0.717) is 6.04 Å². The van der Waals surface area contributed by atoms with Crippen molar-refractivity contribution in [3.05, 3.63) is 46.2 Å². The van der Waals surface area contributed by atoms with Crippen LogP contribution in [0.15, 0.2) is 34.9 Å². The maximum absolute atomic E-state index is 4.55. The molecule has 1 aliphatic rings. The molecule has 18 heavy (non-hydrogen) atoms. The predicted molar refractivity (Wildman–Crippen MR) is 76.7 cm³/mol. The lowest BCUT2D eigenvalue weighted by Crippen LogP contribution is -2.06. The normalized spacial score (nSPS) is 14.8. The highest BCUT2D eigenvalue weighted by Gasteiger charge is 2.26. The van der Waals surface area contributed by atoms with Gasteiger partial charge in [-0.1, -0.05) is 28.1 Å². The van der Waals surface area contributed by atoms with Gasteiger partial charge in [0.15, 0.2) is 0 Å². The molecule has 1 heterocycles. The third kappa shape index (κ3) is 2.58. The van der Waals surface area contributed by atoms with Crippen molar-refractivity contribution in [3.8, 4) is 0 Å². The van der Waals surface area contributed by atoms with Crippen molar-refractivity contribution < 1.29 is 0 Å². The minimum Gasteiger partial charge on any atom is -0.352 e. The lowest BCUT2D eigenvalue weighted by molar-refractivity contribution is 0.742. The van der Waals surface area contributed by atoms with Gasteiger partial charge in [-0.25, -0.2) is 4.98 Å². The van der Waals surface area contributed by atoms with Crippen LogP contribution in [-0.2, 0) is 6.54 Å². The van der Waals surface area contributed by atoms with Crippen LogP contribution in [0.4, 0.5) is 5.95 Å². The number of nitrogens with zero attached hydrogens (tertiary/aromatic N) is 2. The van der Waals surface area contributed by atoms with Crippen LogP contribution < -0.4 is 5.32 Å². The van der Waals surface area contributed by atoms with E-state index < -0.39 is 0 Å². The van der Waals surface area contributed by atoms with Crippen LogP contribution in [0.1, 0.15) is 30.1 Å². The second kappa shape index (κ2) is 4.76. The van der Waals surface area contributed by atoms with E-state index in [1.54, 1.807) is 0 Å². The van der Waals surface area contributed by atoms with E-state index in [2.05, 4.69) is 61.3 Å². The molecule has 0 spiro atoms. The summed E-state index contributed by atoms with van der Waals surface area (Å²) in [6.45, 7) is 2.86. The number of nitrogens with one attached hydrogen (secondary N) is 1. The summed E-state index contributed by atoms with van der Waals surface area (Å²) in [6, 6.07) is 9.03. The Balaban J connectivity index is 1.71. The number of imidazole rings is 1. The molecular formula is C14H16BrN3. The zero-order chi connectivity index (χ0) is 12.5. The Hall–Kier alpha value is -1.29. The van der Waals surface area contributed by atoms with Crippen molar-refractivity contribution in [2.24, 2.45) is 0 Å². The van der Waals surface area contributed by atoms with E-state index in [1.807, 2.05) is 6.92 Å². The Labute approximate surface area is 115 Å². The van der Waals surface area contributed by atoms with Gasteiger partial charge < -0.3 is 9.88 Å². The standard InChI is InChI=1S/C14H16BrN3/c1-10-9-18(13-6-7-13)14(17-10)16-8-11-2-4-12(15)5-3-11/h2-5,9,13H,6-8H2,1H3,(H,16,17). The number of hydrogen-bond acceptors (Lipinski definition) is 2. The summed E-state index contributed by atoms with van der Waals surface area (Å²) in [6.07, 6.45) is 4.70. The fourth-order valence-electron chi connectivity index (χ4n) is 2.06. The molecule has 1 N–H and O–H groups in total. The molecule has 0 amide bonds. The summed E-state index contributed by atoms with van der Waals surface area (Å²) >= 11 is 3.45. The maximum Gasteiger partial charge on any atom is 0.203 e. The van der Waals surface area contributed by atoms with Crippen LogP contribution in [0.5, 0.6) is 0 Å². The van der Waals surface area contributed by atoms with E-state index in [0.717, 1.165) is 22.7 Å². The molecule has 0 radical (unpaired) electrons. The van der Waals surface area contributed by atoms with Crippen LogP contribution in [0.25, 0.3) is 0 Å². The number of benzene rings is 1. The largest absolute Gasteiger partial charge is 0.352 e. The molecule has 3 rings (SSSR count). The molecular weight excluding hydrogens is 290 g/mol. The summed E-state index contributed by atoms with van der Waals surface area (Å²) in [5, 5.41) is 3.43. The molecule has 2 aromatic rings. The first-order valence-corrected chi connectivity index (χ1v) is 7.05. The molecule has 0 bridgehead atoms. The third-order valence-corrected chi connectivity index (χ3v) is 3.69. The van der Waals surface area contributed by atoms with E-state index >= 15 is 0 Å². The van der Waals surface area contributed by atoms with E-state index in [1.165, 1.54) is 18.4 Å². The highest BCUT2D eigenvalue weighted by atomic mass is 79.9. The van der Waals surface area contributed by atoms with Gasteiger partial charge in [-0.15, -0.1) is 0 Å². The summed E-state index contributed by atoms with van der Waals surface area (Å²) in [5.41, 5.74) is 2.35. The first-order chi connectivity index (χ1) is 8.72. The lowest BCUT2D eigenvalue weighted by atomic mass is 10.2. The van der Waals surface area contributed by atoms with Gasteiger partial charge in [0.05, 0.1) is 5.69 Å². The van der Waals surface area contributed by atoms with E-state index in [9.17, 15) is 0 Å². The summed E-state index contributed by atoms with van der Waals surface area (Å²) in [7, 11) is 0. The topological polar surface area (TPSA) is 29.9 Å². The number of rotatable bonds is 4. The number of halogens is 1. The van der Waals surface area contributed by atoms with Gasteiger partial charge in [0.1, 0.15) is 0 Å². The van der Waals surface area contributed by atoms with Crippen molar-refractivity contribution in [1.82, 2.24) is 9.55 Å². The fraction of sp³-hybridized carbons (Fsp3) is 0.357. The fourth-order valence-corrected chi connectivity index (χ4v) is 2.33. The van der Waals surface area contributed by atoms with Crippen molar-refractivity contribution in [3.63, 3.8) is 0 Å². The lowest BCUT2D eigenvalue weighted by Gasteiger charge is -2.08. The Bertz CT molecular complexity index is 541. The maximum atomic E-state index is 4.55. The average molecular weight is 306 g/mol. The van der Waals surface area contributed by atoms with Gasteiger partial charge in [-0.05, 0) is 37.5 Å². The molecule has 3 nitrogen and oxygen atoms in total. The van der Waals surface area contributed by atoms with Crippen LogP contribution in [-0.4, -0.2) is 9.55 Å². The van der Waals surface area contributed by atoms with Crippen molar-refractivity contribution in [2.45, 2.75) is 32.4 Å². The molecule has 94 valence electrons. The molecule has 1 aromatic carbocycles. The van der Waals surface area contributed by atoms with Crippen molar-refractivity contribution >= 4 is 21.9 Å². The Kier molecular flexibility index (Phi) is 3.12. The second-order valence-electron chi connectivity index (χ2n) is 4.82. The summed E-state index contributed by atoms with van der Waals surface area (Å²) in [5.74, 6) is 0.998. The van der Waals surface area contributed by atoms with Crippen LogP contribution in [0, 0.1) is 6.92 Å². The van der Waals surface area contributed by atoms with Gasteiger partial charge in [-0.2, -0.15) is 0 Å². The molecule has 0 atom stereocenters. The van der Waals surface area contributed by atoms with Crippen LogP contribution in [0.2, 0.25) is 0 Å². The first kappa shape index (κ1) is 11.8. The number of aryl methyl sites for hydroxylation is 1. The molecule has 0 aliphatic heterocycles. The highest BCUT2D eigenvalue weighted by molar-refractivity contribution is 9.10. The predicted octanol–water partition coefficient (Wildman–Crippen LogP) is 3.90. The van der Waals surface area contributed by atoms with Gasteiger partial charge in [0.2, 0.25) is 5.95 Å². The molecule has 4 heteroatoms. The van der Waals surface area contributed by atoms with Gasteiger partial charge >= 0.3 is 0 Å². The van der Waals surface area contributed by atoms with Gasteiger partial charge in [-0.3, -0.25) is 0 Å². The third-order valence-electron chi connectivity index (χ3n) is 3.16. The number of anilines is 1. The molecule has 1 saturated carbocycles. The minimum absolute atomic E-state index is 0.665. The van der Waals surface area contributed by atoms with Gasteiger partial charge in [0, 0.05) is 23.3 Å². The molecule has 0 saturated heterocycles. The SMILES string of the molecule is Cc1cn(C2CC2)c(NCc2ccc(Br)cc2)n1. The number of aromatic nitrogens is 2. The number of hydrogen-bond donors (Lipinski definition) is 1. The highest BCUT2D eigenvalue weighted by Crippen LogP contribution is 2.37. The zero-order valence-corrected chi connectivity index (χ0v) is 11.9. The van der Waals surface area contributed by atoms with Gasteiger partial charge in [0.25, 0.3) is 0 Å².